The van der Waals surface area contributed by atoms with E-state index < -0.39 is 6.30 Å². The number of rotatable bonds is 3. The Morgan fingerprint density at radius 3 is 2.79 bits per heavy atom. The van der Waals surface area contributed by atoms with Gasteiger partial charge >= 0.3 is 29.6 Å². The minimum atomic E-state index is -1.87. The molecule has 1 aromatic rings. The average molecular weight is 290 g/mol. The van der Waals surface area contributed by atoms with Gasteiger partial charge in [0.15, 0.2) is 0 Å². The molecule has 0 spiro atoms. The van der Waals surface area contributed by atoms with Crippen LogP contribution in [-0.4, -0.2) is 18.3 Å². The van der Waals surface area contributed by atoms with E-state index in [1.165, 1.54) is 6.29 Å². The predicted molar refractivity (Wildman–Crippen MR) is 70.7 cm³/mol. The molecule has 0 saturated heterocycles. The van der Waals surface area contributed by atoms with Crippen LogP contribution in [0.1, 0.15) is 37.2 Å². The molecule has 1 aliphatic carbocycles. The number of benzene rings is 1. The standard InChI is InChI=1S/C14H14ClFNO.Na/c15-12-7-3-1-5-10(12)11-6-2-4-8-13(11)17-14(16)9-18;/h1,3,5,7,11,14H,2,4,6,8H2;/q-1;+1/b17-13-;. The van der Waals surface area contributed by atoms with E-state index in [0.717, 1.165) is 37.0 Å². The SMILES string of the molecule is O=[C-]C(F)/N=C1/CCCCC1c1ccccc1Cl.[Na+]. The van der Waals surface area contributed by atoms with Crippen molar-refractivity contribution in [1.29, 1.82) is 0 Å². The number of alkyl halides is 1. The van der Waals surface area contributed by atoms with Gasteiger partial charge in [-0.2, -0.15) is 0 Å². The molecule has 2 rings (SSSR count). The van der Waals surface area contributed by atoms with Crippen molar-refractivity contribution < 1.29 is 38.7 Å². The zero-order chi connectivity index (χ0) is 13.0. The van der Waals surface area contributed by atoms with Gasteiger partial charge in [0, 0.05) is 16.7 Å². The van der Waals surface area contributed by atoms with E-state index >= 15 is 0 Å². The van der Waals surface area contributed by atoms with Crippen molar-refractivity contribution in [2.24, 2.45) is 4.99 Å². The smallest absolute Gasteiger partial charge is 0.537 e. The summed E-state index contributed by atoms with van der Waals surface area (Å²) >= 11 is 6.17. The topological polar surface area (TPSA) is 29.4 Å². The molecule has 2 unspecified atom stereocenters. The number of aliphatic imine (C=N–C) groups is 1. The normalized spacial score (nSPS) is 22.6. The Labute approximate surface area is 139 Å². The fourth-order valence-electron chi connectivity index (χ4n) is 2.41. The van der Waals surface area contributed by atoms with E-state index in [-0.39, 0.29) is 35.5 Å². The Kier molecular flexibility index (Phi) is 7.22. The molecule has 1 aliphatic rings. The van der Waals surface area contributed by atoms with Gasteiger partial charge in [-0.05, 0) is 30.9 Å². The van der Waals surface area contributed by atoms with Gasteiger partial charge in [0.1, 0.15) is 0 Å². The van der Waals surface area contributed by atoms with Crippen LogP contribution in [-0.2, 0) is 4.79 Å². The summed E-state index contributed by atoms with van der Waals surface area (Å²) in [4.78, 5) is 14.1. The summed E-state index contributed by atoms with van der Waals surface area (Å²) in [6.07, 6.45) is 3.05. The van der Waals surface area contributed by atoms with Gasteiger partial charge in [0.05, 0.1) is 6.30 Å². The second-order valence-corrected chi connectivity index (χ2v) is 4.80. The second-order valence-electron chi connectivity index (χ2n) is 4.39. The number of hydrogen-bond acceptors (Lipinski definition) is 2. The fraction of sp³-hybridized carbons (Fsp3) is 0.429. The predicted octanol–water partition coefficient (Wildman–Crippen LogP) is 0.848. The van der Waals surface area contributed by atoms with Crippen molar-refractivity contribution in [3.05, 3.63) is 34.9 Å². The summed E-state index contributed by atoms with van der Waals surface area (Å²) in [5.74, 6) is 0.0269. The third kappa shape index (κ3) is 4.38. The zero-order valence-electron chi connectivity index (χ0n) is 10.9. The summed E-state index contributed by atoms with van der Waals surface area (Å²) in [5, 5.41) is 0.669. The molecule has 96 valence electrons. The number of nitrogens with zero attached hydrogens (tertiary/aromatic N) is 1. The minimum Gasteiger partial charge on any atom is -0.537 e. The van der Waals surface area contributed by atoms with Crippen molar-refractivity contribution in [3.8, 4) is 0 Å². The number of halogens is 2. The van der Waals surface area contributed by atoms with Gasteiger partial charge in [0.2, 0.25) is 0 Å². The van der Waals surface area contributed by atoms with Crippen LogP contribution in [0, 0.1) is 0 Å². The summed E-state index contributed by atoms with van der Waals surface area (Å²) in [5.41, 5.74) is 1.70. The van der Waals surface area contributed by atoms with E-state index in [2.05, 4.69) is 4.99 Å². The number of hydrogen-bond donors (Lipinski definition) is 0. The summed E-state index contributed by atoms with van der Waals surface area (Å²) < 4.78 is 13.1. The summed E-state index contributed by atoms with van der Waals surface area (Å²) in [7, 11) is 0. The first kappa shape index (κ1) is 16.8. The molecule has 5 heteroatoms. The molecule has 0 N–H and O–H groups in total. The second kappa shape index (κ2) is 8.15. The van der Waals surface area contributed by atoms with Crippen LogP contribution in [0.5, 0.6) is 0 Å². The van der Waals surface area contributed by atoms with Crippen molar-refractivity contribution in [1.82, 2.24) is 0 Å². The van der Waals surface area contributed by atoms with Gasteiger partial charge in [0.25, 0.3) is 0 Å². The largest absolute Gasteiger partial charge is 1.00 e. The maximum atomic E-state index is 13.1. The third-order valence-electron chi connectivity index (χ3n) is 3.24. The van der Waals surface area contributed by atoms with Crippen molar-refractivity contribution in [2.45, 2.75) is 37.9 Å². The van der Waals surface area contributed by atoms with Crippen LogP contribution in [0.15, 0.2) is 29.3 Å². The van der Waals surface area contributed by atoms with Crippen LogP contribution in [0.3, 0.4) is 0 Å². The van der Waals surface area contributed by atoms with Crippen LogP contribution >= 0.6 is 11.6 Å². The fourth-order valence-corrected chi connectivity index (χ4v) is 2.68. The summed E-state index contributed by atoms with van der Waals surface area (Å²) in [6.45, 7) is 0. The quantitative estimate of drug-likeness (QED) is 0.461. The maximum absolute atomic E-state index is 13.1. The average Bonchev–Trinajstić information content (AvgIpc) is 2.40. The molecule has 1 aromatic carbocycles. The first-order chi connectivity index (χ1) is 8.72. The van der Waals surface area contributed by atoms with Crippen molar-refractivity contribution >= 4 is 23.6 Å². The molecular weight excluding hydrogens is 276 g/mol. The summed E-state index contributed by atoms with van der Waals surface area (Å²) in [6, 6.07) is 7.53. The van der Waals surface area contributed by atoms with E-state index in [9.17, 15) is 9.18 Å². The Morgan fingerprint density at radius 2 is 2.11 bits per heavy atom. The van der Waals surface area contributed by atoms with E-state index in [0.29, 0.717) is 5.02 Å². The Bertz CT molecular complexity index is 467. The molecule has 1 saturated carbocycles. The van der Waals surface area contributed by atoms with Crippen LogP contribution in [0.4, 0.5) is 4.39 Å². The van der Waals surface area contributed by atoms with Crippen LogP contribution < -0.4 is 29.6 Å². The van der Waals surface area contributed by atoms with Crippen LogP contribution in [0.2, 0.25) is 5.02 Å². The van der Waals surface area contributed by atoms with Crippen LogP contribution in [0.25, 0.3) is 0 Å². The minimum absolute atomic E-state index is 0. The molecule has 1 fully saturated rings. The monoisotopic (exact) mass is 289 g/mol. The first-order valence-corrected chi connectivity index (χ1v) is 6.43. The molecule has 0 aromatic heterocycles. The van der Waals surface area contributed by atoms with E-state index in [1.54, 1.807) is 0 Å². The maximum Gasteiger partial charge on any atom is 1.00 e. The van der Waals surface area contributed by atoms with Gasteiger partial charge < -0.3 is 4.79 Å². The van der Waals surface area contributed by atoms with E-state index in [1.807, 2.05) is 24.3 Å². The first-order valence-electron chi connectivity index (χ1n) is 6.05. The molecule has 0 radical (unpaired) electrons. The number of carbonyl (C=O) groups excluding carboxylic acids is 1. The third-order valence-corrected chi connectivity index (χ3v) is 3.58. The van der Waals surface area contributed by atoms with Gasteiger partial charge in [-0.25, -0.2) is 6.29 Å². The van der Waals surface area contributed by atoms with Crippen molar-refractivity contribution in [2.75, 3.05) is 0 Å². The molecule has 2 atom stereocenters. The molecule has 19 heavy (non-hydrogen) atoms. The Hall–Kier alpha value is -0.220. The molecule has 2 nitrogen and oxygen atoms in total. The van der Waals surface area contributed by atoms with Gasteiger partial charge in [-0.15, -0.1) is 0 Å². The van der Waals surface area contributed by atoms with Gasteiger partial charge in [-0.3, -0.25) is 9.38 Å². The molecule has 0 heterocycles. The van der Waals surface area contributed by atoms with E-state index in [4.69, 9.17) is 11.6 Å². The Morgan fingerprint density at radius 1 is 1.37 bits per heavy atom. The van der Waals surface area contributed by atoms with Gasteiger partial charge in [-0.1, -0.05) is 36.2 Å². The molecule has 0 amide bonds. The molecule has 0 aliphatic heterocycles. The van der Waals surface area contributed by atoms with Crippen molar-refractivity contribution in [3.63, 3.8) is 0 Å². The molecular formula is C14H14ClFNNaO. The molecule has 0 bridgehead atoms. The zero-order valence-corrected chi connectivity index (χ0v) is 13.7. The Balaban J connectivity index is 0.00000180.